The zero-order chi connectivity index (χ0) is 14.8. The molecule has 0 radical (unpaired) electrons. The fraction of sp³-hybridized carbons (Fsp3) is 0.176. The smallest absolute Gasteiger partial charge is 0.292 e. The van der Waals surface area contributed by atoms with Crippen LogP contribution in [0.3, 0.4) is 0 Å². The summed E-state index contributed by atoms with van der Waals surface area (Å²) in [6, 6.07) is 17.3. The summed E-state index contributed by atoms with van der Waals surface area (Å²) in [6.07, 6.45) is 0. The Morgan fingerprint density at radius 2 is 1.76 bits per heavy atom. The van der Waals surface area contributed by atoms with Gasteiger partial charge in [-0.05, 0) is 36.8 Å². The molecule has 0 spiro atoms. The second-order valence-corrected chi connectivity index (χ2v) is 4.91. The lowest BCUT2D eigenvalue weighted by Gasteiger charge is -2.04. The number of hydrogen-bond acceptors (Lipinski definition) is 2. The fourth-order valence-corrected chi connectivity index (χ4v) is 2.65. The number of fused-ring (bicyclic) bond motifs is 1. The second-order valence-electron chi connectivity index (χ2n) is 4.91. The van der Waals surface area contributed by atoms with Gasteiger partial charge in [0.25, 0.3) is 0 Å². The number of para-hydroxylation sites is 2. The van der Waals surface area contributed by atoms with Crippen molar-refractivity contribution in [1.29, 1.82) is 5.26 Å². The van der Waals surface area contributed by atoms with E-state index in [1.807, 2.05) is 49.4 Å². The van der Waals surface area contributed by atoms with Crippen LogP contribution in [-0.2, 0) is 13.1 Å². The van der Waals surface area contributed by atoms with Crippen LogP contribution < -0.4 is 5.69 Å². The summed E-state index contributed by atoms with van der Waals surface area (Å²) >= 11 is 0. The molecule has 0 aliphatic heterocycles. The molecule has 0 atom stereocenters. The van der Waals surface area contributed by atoms with Crippen LogP contribution in [0.1, 0.15) is 18.1 Å². The van der Waals surface area contributed by atoms with Crippen LogP contribution >= 0.6 is 0 Å². The molecule has 0 saturated heterocycles. The van der Waals surface area contributed by atoms with E-state index in [1.165, 1.54) is 0 Å². The van der Waals surface area contributed by atoms with Gasteiger partial charge in [0.15, 0.2) is 0 Å². The number of benzene rings is 2. The van der Waals surface area contributed by atoms with Crippen molar-refractivity contribution in [2.75, 3.05) is 0 Å². The molecule has 1 heterocycles. The van der Waals surface area contributed by atoms with Crippen LogP contribution in [0.5, 0.6) is 0 Å². The van der Waals surface area contributed by atoms with Crippen LogP contribution in [0.2, 0.25) is 0 Å². The van der Waals surface area contributed by atoms with Crippen molar-refractivity contribution in [1.82, 2.24) is 9.13 Å². The molecule has 3 rings (SSSR count). The quantitative estimate of drug-likeness (QED) is 0.739. The molecular formula is C17H15N3O. The van der Waals surface area contributed by atoms with Crippen LogP contribution in [0, 0.1) is 11.3 Å². The number of rotatable bonds is 3. The van der Waals surface area contributed by atoms with E-state index >= 15 is 0 Å². The Labute approximate surface area is 122 Å². The van der Waals surface area contributed by atoms with Crippen molar-refractivity contribution in [3.05, 3.63) is 70.1 Å². The normalized spacial score (nSPS) is 10.7. The van der Waals surface area contributed by atoms with Crippen molar-refractivity contribution in [3.8, 4) is 6.07 Å². The Hall–Kier alpha value is -2.80. The van der Waals surface area contributed by atoms with Crippen LogP contribution in [0.25, 0.3) is 11.0 Å². The van der Waals surface area contributed by atoms with Gasteiger partial charge in [0.1, 0.15) is 0 Å². The highest BCUT2D eigenvalue weighted by atomic mass is 16.1. The minimum absolute atomic E-state index is 0.0129. The highest BCUT2D eigenvalue weighted by Gasteiger charge is 2.11. The van der Waals surface area contributed by atoms with Crippen molar-refractivity contribution < 1.29 is 0 Å². The third-order valence-corrected chi connectivity index (χ3v) is 3.64. The maximum absolute atomic E-state index is 12.5. The van der Waals surface area contributed by atoms with Gasteiger partial charge in [0.05, 0.1) is 29.2 Å². The predicted octanol–water partition coefficient (Wildman–Crippen LogP) is 2.74. The van der Waals surface area contributed by atoms with Gasteiger partial charge < -0.3 is 0 Å². The molecule has 0 bridgehead atoms. The summed E-state index contributed by atoms with van der Waals surface area (Å²) < 4.78 is 3.53. The number of nitrogens with zero attached hydrogens (tertiary/aromatic N) is 3. The summed E-state index contributed by atoms with van der Waals surface area (Å²) in [5.74, 6) is 0. The van der Waals surface area contributed by atoms with Gasteiger partial charge >= 0.3 is 5.69 Å². The Morgan fingerprint density at radius 3 is 2.43 bits per heavy atom. The van der Waals surface area contributed by atoms with Gasteiger partial charge in [-0.15, -0.1) is 0 Å². The van der Waals surface area contributed by atoms with Crippen LogP contribution in [0.4, 0.5) is 0 Å². The lowest BCUT2D eigenvalue weighted by molar-refractivity contribution is 0.684. The molecule has 0 aliphatic carbocycles. The molecule has 0 fully saturated rings. The Morgan fingerprint density at radius 1 is 1.05 bits per heavy atom. The van der Waals surface area contributed by atoms with Gasteiger partial charge in [-0.3, -0.25) is 9.13 Å². The summed E-state index contributed by atoms with van der Waals surface area (Å²) in [7, 11) is 0. The first-order valence-corrected chi connectivity index (χ1v) is 6.91. The molecule has 21 heavy (non-hydrogen) atoms. The van der Waals surface area contributed by atoms with E-state index in [2.05, 4.69) is 6.07 Å². The minimum atomic E-state index is -0.0129. The zero-order valence-electron chi connectivity index (χ0n) is 11.8. The van der Waals surface area contributed by atoms with E-state index in [4.69, 9.17) is 5.26 Å². The SMILES string of the molecule is CCn1c(=O)n(Cc2cccc(C#N)c2)c2ccccc21. The highest BCUT2D eigenvalue weighted by Crippen LogP contribution is 2.15. The predicted molar refractivity (Wildman–Crippen MR) is 82.1 cm³/mol. The molecular weight excluding hydrogens is 262 g/mol. The molecule has 1 aromatic heterocycles. The molecule has 0 amide bonds. The fourth-order valence-electron chi connectivity index (χ4n) is 2.65. The lowest BCUT2D eigenvalue weighted by Crippen LogP contribution is -2.24. The third kappa shape index (κ3) is 2.23. The van der Waals surface area contributed by atoms with Crippen molar-refractivity contribution in [2.24, 2.45) is 0 Å². The van der Waals surface area contributed by atoms with Gasteiger partial charge in [-0.2, -0.15) is 5.26 Å². The first kappa shape index (κ1) is 13.2. The summed E-state index contributed by atoms with van der Waals surface area (Å²) in [6.45, 7) is 3.08. The summed E-state index contributed by atoms with van der Waals surface area (Å²) in [5, 5.41) is 8.97. The van der Waals surface area contributed by atoms with Crippen molar-refractivity contribution in [2.45, 2.75) is 20.0 Å². The van der Waals surface area contributed by atoms with Crippen LogP contribution in [-0.4, -0.2) is 9.13 Å². The molecule has 0 saturated carbocycles. The summed E-state index contributed by atoms with van der Waals surface area (Å²) in [4.78, 5) is 12.5. The maximum atomic E-state index is 12.5. The average Bonchev–Trinajstić information content (AvgIpc) is 2.79. The van der Waals surface area contributed by atoms with E-state index in [9.17, 15) is 4.79 Å². The topological polar surface area (TPSA) is 50.7 Å². The summed E-state index contributed by atoms with van der Waals surface area (Å²) in [5.41, 5.74) is 3.42. The Balaban J connectivity index is 2.15. The maximum Gasteiger partial charge on any atom is 0.329 e. The number of aromatic nitrogens is 2. The van der Waals surface area contributed by atoms with E-state index in [0.29, 0.717) is 18.7 Å². The molecule has 104 valence electrons. The second kappa shape index (κ2) is 5.29. The highest BCUT2D eigenvalue weighted by molar-refractivity contribution is 5.76. The molecule has 4 nitrogen and oxygen atoms in total. The first-order valence-electron chi connectivity index (χ1n) is 6.91. The van der Waals surface area contributed by atoms with E-state index in [0.717, 1.165) is 16.6 Å². The third-order valence-electron chi connectivity index (χ3n) is 3.64. The van der Waals surface area contributed by atoms with Gasteiger partial charge in [-0.25, -0.2) is 4.79 Å². The lowest BCUT2D eigenvalue weighted by atomic mass is 10.1. The van der Waals surface area contributed by atoms with E-state index in [-0.39, 0.29) is 5.69 Å². The minimum Gasteiger partial charge on any atom is -0.292 e. The molecule has 0 unspecified atom stereocenters. The Kier molecular flexibility index (Phi) is 3.33. The molecule has 3 aromatic rings. The van der Waals surface area contributed by atoms with Crippen LogP contribution in [0.15, 0.2) is 53.3 Å². The first-order chi connectivity index (χ1) is 10.2. The van der Waals surface area contributed by atoms with Crippen molar-refractivity contribution in [3.63, 3.8) is 0 Å². The number of hydrogen-bond donors (Lipinski definition) is 0. The number of imidazole rings is 1. The monoisotopic (exact) mass is 277 g/mol. The standard InChI is InChI=1S/C17H15N3O/c1-2-19-15-8-3-4-9-16(15)20(17(19)21)12-14-7-5-6-13(10-14)11-18/h3-10H,2,12H2,1H3. The molecule has 2 aromatic carbocycles. The van der Waals surface area contributed by atoms with E-state index in [1.54, 1.807) is 15.2 Å². The molecule has 0 N–H and O–H groups in total. The zero-order valence-corrected chi connectivity index (χ0v) is 11.8. The van der Waals surface area contributed by atoms with Crippen molar-refractivity contribution >= 4 is 11.0 Å². The average molecular weight is 277 g/mol. The van der Waals surface area contributed by atoms with Gasteiger partial charge in [-0.1, -0.05) is 24.3 Å². The van der Waals surface area contributed by atoms with Gasteiger partial charge in [0.2, 0.25) is 0 Å². The number of aryl methyl sites for hydroxylation is 1. The number of nitriles is 1. The molecule has 0 aliphatic rings. The largest absolute Gasteiger partial charge is 0.329 e. The molecule has 4 heteroatoms. The van der Waals surface area contributed by atoms with Gasteiger partial charge in [0, 0.05) is 6.54 Å². The van der Waals surface area contributed by atoms with E-state index < -0.39 is 0 Å². The Bertz CT molecular complexity index is 896.